The highest BCUT2D eigenvalue weighted by Crippen LogP contribution is 2.28. The van der Waals surface area contributed by atoms with Crippen LogP contribution in [-0.4, -0.2) is 26.2 Å². The van der Waals surface area contributed by atoms with E-state index in [4.69, 9.17) is 9.47 Å². The van der Waals surface area contributed by atoms with Gasteiger partial charge in [0.15, 0.2) is 11.6 Å². The van der Waals surface area contributed by atoms with E-state index in [1.165, 1.54) is 0 Å². The SMILES string of the molecule is Fc1cc(OC(F)(F)F)ccc1OCC1CCOC1. The predicted molar refractivity (Wildman–Crippen MR) is 57.5 cm³/mol. The van der Waals surface area contributed by atoms with Gasteiger partial charge in [-0.1, -0.05) is 0 Å². The van der Waals surface area contributed by atoms with E-state index < -0.39 is 17.9 Å². The monoisotopic (exact) mass is 280 g/mol. The second-order valence-corrected chi connectivity index (χ2v) is 4.18. The van der Waals surface area contributed by atoms with Crippen LogP contribution in [0.15, 0.2) is 18.2 Å². The van der Waals surface area contributed by atoms with Crippen molar-refractivity contribution in [3.05, 3.63) is 24.0 Å². The van der Waals surface area contributed by atoms with Crippen molar-refractivity contribution >= 4 is 0 Å². The van der Waals surface area contributed by atoms with Crippen LogP contribution in [0.2, 0.25) is 0 Å². The van der Waals surface area contributed by atoms with E-state index in [0.717, 1.165) is 18.6 Å². The molecule has 1 saturated heterocycles. The van der Waals surface area contributed by atoms with Gasteiger partial charge in [0.2, 0.25) is 0 Å². The number of benzene rings is 1. The molecule has 1 atom stereocenters. The Bertz CT molecular complexity index is 427. The van der Waals surface area contributed by atoms with Gasteiger partial charge in [-0.25, -0.2) is 4.39 Å². The zero-order valence-electron chi connectivity index (χ0n) is 9.87. The highest BCUT2D eigenvalue weighted by atomic mass is 19.4. The molecular weight excluding hydrogens is 268 g/mol. The molecule has 0 amide bonds. The van der Waals surface area contributed by atoms with Crippen molar-refractivity contribution in [2.24, 2.45) is 5.92 Å². The Balaban J connectivity index is 1.94. The summed E-state index contributed by atoms with van der Waals surface area (Å²) >= 11 is 0. The molecule has 1 fully saturated rings. The summed E-state index contributed by atoms with van der Waals surface area (Å²) in [6, 6.07) is 2.78. The van der Waals surface area contributed by atoms with Crippen LogP contribution in [0, 0.1) is 11.7 Å². The maximum atomic E-state index is 13.5. The number of ether oxygens (including phenoxy) is 3. The van der Waals surface area contributed by atoms with Gasteiger partial charge in [0, 0.05) is 18.6 Å². The lowest BCUT2D eigenvalue weighted by Crippen LogP contribution is -2.17. The molecule has 1 unspecified atom stereocenters. The van der Waals surface area contributed by atoms with Gasteiger partial charge in [-0.3, -0.25) is 0 Å². The summed E-state index contributed by atoms with van der Waals surface area (Å²) in [5.41, 5.74) is 0. The molecule has 1 aromatic rings. The Morgan fingerprint density at radius 2 is 2.11 bits per heavy atom. The van der Waals surface area contributed by atoms with Gasteiger partial charge in [-0.2, -0.15) is 0 Å². The topological polar surface area (TPSA) is 27.7 Å². The van der Waals surface area contributed by atoms with Crippen LogP contribution in [0.25, 0.3) is 0 Å². The minimum absolute atomic E-state index is 0.0959. The highest BCUT2D eigenvalue weighted by Gasteiger charge is 2.31. The zero-order valence-corrected chi connectivity index (χ0v) is 9.87. The summed E-state index contributed by atoms with van der Waals surface area (Å²) in [4.78, 5) is 0. The molecule has 1 aliphatic rings. The Hall–Kier alpha value is -1.50. The third-order valence-corrected chi connectivity index (χ3v) is 2.64. The first-order valence-electron chi connectivity index (χ1n) is 5.70. The third kappa shape index (κ3) is 4.27. The number of hydrogen-bond donors (Lipinski definition) is 0. The molecule has 1 heterocycles. The summed E-state index contributed by atoms with van der Waals surface area (Å²) in [5.74, 6) is -1.41. The lowest BCUT2D eigenvalue weighted by molar-refractivity contribution is -0.274. The van der Waals surface area contributed by atoms with E-state index in [9.17, 15) is 17.6 Å². The van der Waals surface area contributed by atoms with Crippen molar-refractivity contribution in [3.8, 4) is 11.5 Å². The first kappa shape index (κ1) is 13.9. The third-order valence-electron chi connectivity index (χ3n) is 2.64. The zero-order chi connectivity index (χ0) is 13.9. The van der Waals surface area contributed by atoms with Gasteiger partial charge < -0.3 is 14.2 Å². The van der Waals surface area contributed by atoms with Gasteiger partial charge in [-0.05, 0) is 18.6 Å². The van der Waals surface area contributed by atoms with Gasteiger partial charge in [-0.15, -0.1) is 13.2 Å². The molecule has 0 radical (unpaired) electrons. The average molecular weight is 280 g/mol. The number of hydrogen-bond acceptors (Lipinski definition) is 3. The minimum Gasteiger partial charge on any atom is -0.490 e. The van der Waals surface area contributed by atoms with Crippen LogP contribution in [0.3, 0.4) is 0 Å². The van der Waals surface area contributed by atoms with Crippen LogP contribution in [0.4, 0.5) is 17.6 Å². The number of alkyl halides is 3. The largest absolute Gasteiger partial charge is 0.573 e. The van der Waals surface area contributed by atoms with E-state index in [1.54, 1.807) is 0 Å². The minimum atomic E-state index is -4.84. The molecule has 2 rings (SSSR count). The smallest absolute Gasteiger partial charge is 0.490 e. The van der Waals surface area contributed by atoms with Crippen molar-refractivity contribution < 1.29 is 31.8 Å². The predicted octanol–water partition coefficient (Wildman–Crippen LogP) is 3.14. The Labute approximate surface area is 107 Å². The lowest BCUT2D eigenvalue weighted by atomic mass is 10.1. The van der Waals surface area contributed by atoms with E-state index in [1.807, 2.05) is 0 Å². The number of rotatable bonds is 4. The quantitative estimate of drug-likeness (QED) is 0.793. The van der Waals surface area contributed by atoms with Crippen LogP contribution < -0.4 is 9.47 Å². The van der Waals surface area contributed by atoms with Crippen molar-refractivity contribution in [1.82, 2.24) is 0 Å². The lowest BCUT2D eigenvalue weighted by Gasteiger charge is -2.13. The summed E-state index contributed by atoms with van der Waals surface area (Å²) in [7, 11) is 0. The maximum Gasteiger partial charge on any atom is 0.573 e. The molecule has 0 saturated carbocycles. The van der Waals surface area contributed by atoms with Crippen molar-refractivity contribution in [2.45, 2.75) is 12.8 Å². The summed E-state index contributed by atoms with van der Waals surface area (Å²) in [6.45, 7) is 1.47. The van der Waals surface area contributed by atoms with E-state index in [2.05, 4.69) is 4.74 Å². The molecule has 1 aliphatic heterocycles. The molecule has 0 N–H and O–H groups in total. The molecule has 106 valence electrons. The maximum absolute atomic E-state index is 13.5. The molecule has 1 aromatic carbocycles. The summed E-state index contributed by atoms with van der Waals surface area (Å²) < 4.78 is 63.2. The number of halogens is 4. The molecule has 19 heavy (non-hydrogen) atoms. The van der Waals surface area contributed by atoms with E-state index in [0.29, 0.717) is 19.3 Å². The molecule has 7 heteroatoms. The second-order valence-electron chi connectivity index (χ2n) is 4.18. The molecule has 0 bridgehead atoms. The summed E-state index contributed by atoms with van der Waals surface area (Å²) in [5, 5.41) is 0. The molecular formula is C12H12F4O3. The molecule has 3 nitrogen and oxygen atoms in total. The van der Waals surface area contributed by atoms with Gasteiger partial charge in [0.25, 0.3) is 0 Å². The van der Waals surface area contributed by atoms with Crippen LogP contribution in [0.1, 0.15) is 6.42 Å². The Morgan fingerprint density at radius 1 is 1.32 bits per heavy atom. The van der Waals surface area contributed by atoms with Crippen LogP contribution in [-0.2, 0) is 4.74 Å². The fourth-order valence-electron chi connectivity index (χ4n) is 1.72. The van der Waals surface area contributed by atoms with Gasteiger partial charge >= 0.3 is 6.36 Å². The molecule has 0 aliphatic carbocycles. The molecule has 0 aromatic heterocycles. The van der Waals surface area contributed by atoms with Crippen molar-refractivity contribution in [2.75, 3.05) is 19.8 Å². The molecule has 0 spiro atoms. The fraction of sp³-hybridized carbons (Fsp3) is 0.500. The van der Waals surface area contributed by atoms with Crippen molar-refractivity contribution in [1.29, 1.82) is 0 Å². The van der Waals surface area contributed by atoms with Crippen LogP contribution >= 0.6 is 0 Å². The fourth-order valence-corrected chi connectivity index (χ4v) is 1.72. The van der Waals surface area contributed by atoms with E-state index >= 15 is 0 Å². The van der Waals surface area contributed by atoms with E-state index in [-0.39, 0.29) is 18.3 Å². The summed E-state index contributed by atoms with van der Waals surface area (Å²) in [6.07, 6.45) is -4.01. The normalized spacial score (nSPS) is 19.5. The first-order chi connectivity index (χ1) is 8.94. The standard InChI is InChI=1S/C12H12F4O3/c13-10-5-9(19-12(14,15)16)1-2-11(10)18-7-8-3-4-17-6-8/h1-2,5,8H,3-4,6-7H2. The highest BCUT2D eigenvalue weighted by molar-refractivity contribution is 5.33. The Morgan fingerprint density at radius 3 is 2.68 bits per heavy atom. The Kier molecular flexibility index (Phi) is 4.14. The first-order valence-corrected chi connectivity index (χ1v) is 5.70. The van der Waals surface area contributed by atoms with Gasteiger partial charge in [0.1, 0.15) is 5.75 Å². The van der Waals surface area contributed by atoms with Gasteiger partial charge in [0.05, 0.1) is 13.2 Å². The average Bonchev–Trinajstić information content (AvgIpc) is 2.78. The van der Waals surface area contributed by atoms with Crippen molar-refractivity contribution in [3.63, 3.8) is 0 Å². The second kappa shape index (κ2) is 5.64. The van der Waals surface area contributed by atoms with Crippen LogP contribution in [0.5, 0.6) is 11.5 Å².